The summed E-state index contributed by atoms with van der Waals surface area (Å²) in [7, 11) is 1.99. The van der Waals surface area contributed by atoms with Crippen LogP contribution in [0.3, 0.4) is 0 Å². The molecule has 1 aliphatic rings. The van der Waals surface area contributed by atoms with Crippen molar-refractivity contribution in [3.63, 3.8) is 0 Å². The summed E-state index contributed by atoms with van der Waals surface area (Å²) >= 11 is 6.27. The second-order valence-corrected chi connectivity index (χ2v) is 9.89. The highest BCUT2D eigenvalue weighted by molar-refractivity contribution is 7.93. The van der Waals surface area contributed by atoms with Crippen LogP contribution in [0.4, 0.5) is 5.69 Å². The van der Waals surface area contributed by atoms with Crippen molar-refractivity contribution in [2.75, 3.05) is 25.9 Å². The van der Waals surface area contributed by atoms with Crippen LogP contribution >= 0.6 is 11.6 Å². The summed E-state index contributed by atoms with van der Waals surface area (Å²) in [5.41, 5.74) is 2.69. The lowest BCUT2D eigenvalue weighted by Crippen LogP contribution is -2.34. The van der Waals surface area contributed by atoms with E-state index in [0.29, 0.717) is 27.5 Å². The fourth-order valence-electron chi connectivity index (χ4n) is 4.23. The minimum Gasteiger partial charge on any atom is -0.496 e. The Balaban J connectivity index is 1.77. The average Bonchev–Trinajstić information content (AvgIpc) is 2.73. The summed E-state index contributed by atoms with van der Waals surface area (Å²) in [6.07, 6.45) is 2.57. The third-order valence-electron chi connectivity index (χ3n) is 5.87. The van der Waals surface area contributed by atoms with Gasteiger partial charge in [-0.05, 0) is 63.2 Å². The largest absolute Gasteiger partial charge is 0.496 e. The molecule has 0 saturated heterocycles. The lowest BCUT2D eigenvalue weighted by Gasteiger charge is -2.32. The van der Waals surface area contributed by atoms with Crippen molar-refractivity contribution in [3.05, 3.63) is 64.7 Å². The molecular weight excluding hydrogens is 420 g/mol. The van der Waals surface area contributed by atoms with Gasteiger partial charge in [0, 0.05) is 27.4 Å². The van der Waals surface area contributed by atoms with Crippen molar-refractivity contribution >= 4 is 38.1 Å². The van der Waals surface area contributed by atoms with E-state index in [-0.39, 0.29) is 4.90 Å². The van der Waals surface area contributed by atoms with Crippen LogP contribution in [0.5, 0.6) is 5.75 Å². The van der Waals surface area contributed by atoms with Crippen LogP contribution in [-0.2, 0) is 22.9 Å². The van der Waals surface area contributed by atoms with Crippen LogP contribution in [0.2, 0.25) is 5.02 Å². The van der Waals surface area contributed by atoms with E-state index < -0.39 is 10.0 Å². The summed E-state index contributed by atoms with van der Waals surface area (Å²) in [5.74, 6) is 0.802. The van der Waals surface area contributed by atoms with E-state index >= 15 is 0 Å². The maximum Gasteiger partial charge on any atom is 0.262 e. The maximum absolute atomic E-state index is 13.3. The molecule has 0 radical (unpaired) electrons. The molecule has 0 bridgehead atoms. The Bertz CT molecular complexity index is 1210. The molecule has 4 rings (SSSR count). The number of likely N-dealkylation sites (N-methyl/N-ethyl adjacent to an activating group) is 1. The first-order valence-corrected chi connectivity index (χ1v) is 11.7. The summed E-state index contributed by atoms with van der Waals surface area (Å²) in [4.78, 5) is 2.42. The molecule has 7 heteroatoms. The number of methoxy groups -OCH3 is 1. The molecule has 3 aromatic rings. The summed E-state index contributed by atoms with van der Waals surface area (Å²) in [5, 5.41) is 1.85. The Morgan fingerprint density at radius 2 is 1.77 bits per heavy atom. The van der Waals surface area contributed by atoms with Crippen LogP contribution < -0.4 is 9.46 Å². The molecule has 158 valence electrons. The second kappa shape index (κ2) is 8.10. The van der Waals surface area contributed by atoms with Gasteiger partial charge >= 0.3 is 0 Å². The van der Waals surface area contributed by atoms with Crippen molar-refractivity contribution in [2.45, 2.75) is 30.2 Å². The number of fused-ring (bicyclic) bond motifs is 2. The molecule has 1 aliphatic carbocycles. The first kappa shape index (κ1) is 21.0. The molecule has 0 amide bonds. The van der Waals surface area contributed by atoms with E-state index in [9.17, 15) is 8.42 Å². The number of hydrogen-bond donors (Lipinski definition) is 1. The number of hydrogen-bond acceptors (Lipinski definition) is 4. The summed E-state index contributed by atoms with van der Waals surface area (Å²) in [6, 6.07) is 14.5. The maximum atomic E-state index is 13.3. The van der Waals surface area contributed by atoms with Crippen LogP contribution in [-0.4, -0.2) is 40.6 Å². The van der Waals surface area contributed by atoms with E-state index in [2.05, 4.69) is 23.7 Å². The number of nitrogens with zero attached hydrogens (tertiary/aromatic N) is 1. The molecule has 1 N–H and O–H groups in total. The van der Waals surface area contributed by atoms with Crippen molar-refractivity contribution in [1.82, 2.24) is 4.90 Å². The Hall–Kier alpha value is -2.28. The van der Waals surface area contributed by atoms with Gasteiger partial charge in [-0.15, -0.1) is 0 Å². The highest BCUT2D eigenvalue weighted by Gasteiger charge is 2.27. The molecule has 0 saturated carbocycles. The first-order chi connectivity index (χ1) is 14.3. The van der Waals surface area contributed by atoms with Gasteiger partial charge in [0.25, 0.3) is 10.0 Å². The Morgan fingerprint density at radius 3 is 2.50 bits per heavy atom. The second-order valence-electron chi connectivity index (χ2n) is 7.83. The van der Waals surface area contributed by atoms with Gasteiger partial charge in [0.15, 0.2) is 0 Å². The van der Waals surface area contributed by atoms with E-state index in [1.807, 2.05) is 12.1 Å². The highest BCUT2D eigenvalue weighted by Crippen LogP contribution is 2.37. The average molecular weight is 445 g/mol. The molecule has 1 atom stereocenters. The molecule has 0 aliphatic heterocycles. The van der Waals surface area contributed by atoms with Crippen LogP contribution in [0.15, 0.2) is 53.4 Å². The normalized spacial score (nSPS) is 16.5. The molecule has 5 nitrogen and oxygen atoms in total. The third kappa shape index (κ3) is 3.75. The Morgan fingerprint density at radius 1 is 1.03 bits per heavy atom. The van der Waals surface area contributed by atoms with Gasteiger partial charge in [0.1, 0.15) is 5.75 Å². The number of anilines is 1. The molecule has 0 spiro atoms. The number of halogens is 1. The van der Waals surface area contributed by atoms with Crippen LogP contribution in [0, 0.1) is 0 Å². The van der Waals surface area contributed by atoms with Crippen molar-refractivity contribution in [1.29, 1.82) is 0 Å². The quantitative estimate of drug-likeness (QED) is 0.618. The number of nitrogens with one attached hydrogen (secondary N) is 1. The monoisotopic (exact) mass is 444 g/mol. The van der Waals surface area contributed by atoms with Crippen molar-refractivity contribution in [2.24, 2.45) is 0 Å². The van der Waals surface area contributed by atoms with E-state index in [0.717, 1.165) is 36.1 Å². The predicted molar refractivity (Wildman–Crippen MR) is 122 cm³/mol. The van der Waals surface area contributed by atoms with E-state index in [1.165, 1.54) is 0 Å². The zero-order chi connectivity index (χ0) is 21.5. The number of ether oxygens (including phenoxy) is 1. The molecule has 0 fully saturated rings. The van der Waals surface area contributed by atoms with Gasteiger partial charge in [-0.3, -0.25) is 4.72 Å². The lowest BCUT2D eigenvalue weighted by atomic mass is 9.86. The van der Waals surface area contributed by atoms with Crippen LogP contribution in [0.25, 0.3) is 10.8 Å². The topological polar surface area (TPSA) is 58.6 Å². The minimum atomic E-state index is -3.80. The lowest BCUT2D eigenvalue weighted by molar-refractivity contribution is 0.265. The zero-order valence-electron chi connectivity index (χ0n) is 17.3. The number of benzene rings is 3. The van der Waals surface area contributed by atoms with Gasteiger partial charge in [-0.25, -0.2) is 8.42 Å². The van der Waals surface area contributed by atoms with Gasteiger partial charge in [-0.1, -0.05) is 35.9 Å². The first-order valence-electron chi connectivity index (χ1n) is 9.87. The van der Waals surface area contributed by atoms with E-state index in [1.54, 1.807) is 43.5 Å². The van der Waals surface area contributed by atoms with Gasteiger partial charge in [-0.2, -0.15) is 0 Å². The molecule has 30 heavy (non-hydrogen) atoms. The smallest absolute Gasteiger partial charge is 0.262 e. The molecule has 0 aromatic heterocycles. The molecule has 3 aromatic carbocycles. The molecule has 1 unspecified atom stereocenters. The fourth-order valence-corrected chi connectivity index (χ4v) is 5.79. The fraction of sp³-hybridized carbons (Fsp3) is 0.304. The third-order valence-corrected chi connectivity index (χ3v) is 7.62. The SMILES string of the molecule is COc1ccc(NS(=O)(=O)c2cccc3c(Cl)cccc23)c2c1CC(N(C)C)CC2. The standard InChI is InChI=1S/C23H25ClN2O3S/c1-26(2)15-10-11-17-19(14-15)22(29-3)13-12-21(17)25-30(27,28)23-9-5-6-16-18(23)7-4-8-20(16)24/h4-9,12-13,15,25H,10-11,14H2,1-3H3. The minimum absolute atomic E-state index is 0.217. The van der Waals surface area contributed by atoms with E-state index in [4.69, 9.17) is 16.3 Å². The highest BCUT2D eigenvalue weighted by atomic mass is 35.5. The van der Waals surface area contributed by atoms with Gasteiger partial charge in [0.2, 0.25) is 0 Å². The van der Waals surface area contributed by atoms with Crippen molar-refractivity contribution in [3.8, 4) is 5.75 Å². The summed E-state index contributed by atoms with van der Waals surface area (Å²) < 4.78 is 35.1. The van der Waals surface area contributed by atoms with Gasteiger partial charge in [0.05, 0.1) is 17.7 Å². The molecule has 0 heterocycles. The number of sulfonamides is 1. The Labute approximate surface area is 182 Å². The van der Waals surface area contributed by atoms with Gasteiger partial charge < -0.3 is 9.64 Å². The van der Waals surface area contributed by atoms with Crippen LogP contribution in [0.1, 0.15) is 17.5 Å². The summed E-state index contributed by atoms with van der Waals surface area (Å²) in [6.45, 7) is 0. The predicted octanol–water partition coefficient (Wildman–Crippen LogP) is 4.72. The number of rotatable bonds is 5. The zero-order valence-corrected chi connectivity index (χ0v) is 18.8. The Kier molecular flexibility index (Phi) is 5.66. The van der Waals surface area contributed by atoms with Crippen molar-refractivity contribution < 1.29 is 13.2 Å². The molecular formula is C23H25ClN2O3S.